The van der Waals surface area contributed by atoms with Crippen LogP contribution in [0.1, 0.15) is 22.3 Å². The molecule has 2 aliphatic rings. The minimum atomic E-state index is -1.54. The lowest BCUT2D eigenvalue weighted by molar-refractivity contribution is 0.0602. The van der Waals surface area contributed by atoms with Crippen molar-refractivity contribution in [2.24, 2.45) is 4.99 Å². The van der Waals surface area contributed by atoms with Gasteiger partial charge in [-0.25, -0.2) is 9.98 Å². The maximum Gasteiger partial charge on any atom is 0.204 e. The number of ketones is 1. The highest BCUT2D eigenvalue weighted by Crippen LogP contribution is 2.42. The molecule has 0 bridgehead atoms. The smallest absolute Gasteiger partial charge is 0.204 e. The molecule has 124 valence electrons. The van der Waals surface area contributed by atoms with Gasteiger partial charge in [0.2, 0.25) is 5.78 Å². The van der Waals surface area contributed by atoms with Crippen LogP contribution < -0.4 is 4.90 Å². The van der Waals surface area contributed by atoms with E-state index in [-0.39, 0.29) is 5.78 Å². The molecule has 0 unspecified atom stereocenters. The van der Waals surface area contributed by atoms with Crippen LogP contribution in [0.15, 0.2) is 47.6 Å². The Bertz CT molecular complexity index is 1040. The van der Waals surface area contributed by atoms with Gasteiger partial charge < -0.3 is 10.0 Å². The first-order valence-electron chi connectivity index (χ1n) is 8.15. The summed E-state index contributed by atoms with van der Waals surface area (Å²) in [6, 6.07) is 11.5. The number of aromatic nitrogens is 1. The van der Waals surface area contributed by atoms with E-state index in [0.717, 1.165) is 20.8 Å². The maximum absolute atomic E-state index is 13.0. The van der Waals surface area contributed by atoms with Gasteiger partial charge in [-0.1, -0.05) is 29.0 Å². The quantitative estimate of drug-likeness (QED) is 0.730. The molecule has 2 aromatic heterocycles. The van der Waals surface area contributed by atoms with Gasteiger partial charge in [0.25, 0.3) is 0 Å². The number of Topliss-reactive ketones (excluding diaryl/α,β-unsaturated/α-hetero) is 1. The first kappa shape index (κ1) is 14.7. The molecule has 1 atom stereocenters. The molecule has 1 N–H and O–H groups in total. The highest BCUT2D eigenvalue weighted by molar-refractivity contribution is 7.22. The van der Waals surface area contributed by atoms with E-state index in [4.69, 9.17) is 0 Å². The molecule has 5 rings (SSSR count). The first-order chi connectivity index (χ1) is 12.1. The van der Waals surface area contributed by atoms with Crippen molar-refractivity contribution in [3.05, 3.63) is 53.7 Å². The van der Waals surface area contributed by atoms with Gasteiger partial charge in [-0.05, 0) is 31.2 Å². The summed E-state index contributed by atoms with van der Waals surface area (Å²) in [6.07, 6.45) is 2.11. The molecule has 0 aliphatic carbocycles. The summed E-state index contributed by atoms with van der Waals surface area (Å²) in [6.45, 7) is 2.49. The molecular weight excluding hydrogens is 334 g/mol. The van der Waals surface area contributed by atoms with E-state index < -0.39 is 5.60 Å². The summed E-state index contributed by atoms with van der Waals surface area (Å²) in [5.41, 5.74) is 0.581. The van der Waals surface area contributed by atoms with Crippen LogP contribution in [0, 0.1) is 6.92 Å². The Morgan fingerprint density at radius 3 is 3.00 bits per heavy atom. The third kappa shape index (κ3) is 2.01. The number of anilines is 1. The third-order valence-electron chi connectivity index (χ3n) is 4.87. The molecule has 2 aliphatic heterocycles. The van der Waals surface area contributed by atoms with Crippen molar-refractivity contribution in [1.82, 2.24) is 4.98 Å². The Labute approximate surface area is 148 Å². The van der Waals surface area contributed by atoms with E-state index in [1.54, 1.807) is 17.5 Å². The van der Waals surface area contributed by atoms with E-state index in [1.165, 1.54) is 0 Å². The third-order valence-corrected chi connectivity index (χ3v) is 5.95. The largest absolute Gasteiger partial charge is 0.374 e. The number of amidine groups is 1. The number of aryl methyl sites for hydroxylation is 1. The molecule has 1 fully saturated rings. The van der Waals surface area contributed by atoms with Crippen molar-refractivity contribution in [2.45, 2.75) is 18.9 Å². The standard InChI is InChI=1S/C19H15N3O2S/c1-11-4-5-14-13(9-11)16(23)19(24)6-8-22(18(19)21-14)15-10-12-3-2-7-20-17(12)25-15/h2-5,7,9-10,24H,6,8H2,1H3/t19-/m1/s1. The molecule has 0 saturated carbocycles. The van der Waals surface area contributed by atoms with Crippen LogP contribution in [-0.4, -0.2) is 33.9 Å². The number of nitrogens with zero attached hydrogens (tertiary/aromatic N) is 3. The lowest BCUT2D eigenvalue weighted by Crippen LogP contribution is -2.48. The first-order valence-corrected chi connectivity index (χ1v) is 8.97. The van der Waals surface area contributed by atoms with Crippen LogP contribution in [0.4, 0.5) is 10.7 Å². The SMILES string of the molecule is Cc1ccc2c(c1)C(=O)[C@]1(O)CCN(c3cc4cccnc4s3)C1=N2. The van der Waals surface area contributed by atoms with Crippen LogP contribution in [0.3, 0.4) is 0 Å². The Kier molecular flexibility index (Phi) is 2.93. The van der Waals surface area contributed by atoms with Gasteiger partial charge in [0.1, 0.15) is 4.83 Å². The molecular formula is C19H15N3O2S. The van der Waals surface area contributed by atoms with Crippen LogP contribution in [0.5, 0.6) is 0 Å². The number of carbonyl (C=O) groups is 1. The van der Waals surface area contributed by atoms with Crippen LogP contribution in [-0.2, 0) is 0 Å². The minimum absolute atomic E-state index is 0.252. The number of pyridine rings is 1. The molecule has 25 heavy (non-hydrogen) atoms. The zero-order valence-corrected chi connectivity index (χ0v) is 14.4. The summed E-state index contributed by atoms with van der Waals surface area (Å²) >= 11 is 1.55. The van der Waals surface area contributed by atoms with Crippen LogP contribution >= 0.6 is 11.3 Å². The second-order valence-corrected chi connectivity index (χ2v) is 7.54. The molecule has 5 nitrogen and oxygen atoms in total. The number of rotatable bonds is 1. The number of hydrogen-bond acceptors (Lipinski definition) is 6. The molecule has 0 spiro atoms. The summed E-state index contributed by atoms with van der Waals surface area (Å²) in [4.78, 5) is 24.9. The Balaban J connectivity index is 1.67. The molecule has 0 amide bonds. The van der Waals surface area contributed by atoms with Crippen molar-refractivity contribution in [3.63, 3.8) is 0 Å². The van der Waals surface area contributed by atoms with Gasteiger partial charge in [0.05, 0.1) is 10.7 Å². The monoisotopic (exact) mass is 349 g/mol. The van der Waals surface area contributed by atoms with Crippen molar-refractivity contribution in [1.29, 1.82) is 0 Å². The van der Waals surface area contributed by atoms with E-state index in [0.29, 0.717) is 30.1 Å². The normalized spacial score (nSPS) is 22.1. The zero-order chi connectivity index (χ0) is 17.2. The molecule has 1 saturated heterocycles. The van der Waals surface area contributed by atoms with Gasteiger partial charge in [0, 0.05) is 30.1 Å². The summed E-state index contributed by atoms with van der Waals surface area (Å²) in [5.74, 6) is 0.179. The van der Waals surface area contributed by atoms with Crippen LogP contribution in [0.2, 0.25) is 0 Å². The van der Waals surface area contributed by atoms with Gasteiger partial charge in [0.15, 0.2) is 11.4 Å². The minimum Gasteiger partial charge on any atom is -0.374 e. The van der Waals surface area contributed by atoms with Crippen molar-refractivity contribution >= 4 is 43.9 Å². The van der Waals surface area contributed by atoms with E-state index >= 15 is 0 Å². The number of fused-ring (bicyclic) bond motifs is 3. The van der Waals surface area contributed by atoms with E-state index in [9.17, 15) is 9.90 Å². The van der Waals surface area contributed by atoms with Crippen molar-refractivity contribution < 1.29 is 9.90 Å². The van der Waals surface area contributed by atoms with Gasteiger partial charge >= 0.3 is 0 Å². The summed E-state index contributed by atoms with van der Waals surface area (Å²) < 4.78 is 0. The Morgan fingerprint density at radius 2 is 2.16 bits per heavy atom. The highest BCUT2D eigenvalue weighted by atomic mass is 32.1. The fraction of sp³-hybridized carbons (Fsp3) is 0.211. The predicted molar refractivity (Wildman–Crippen MR) is 99.1 cm³/mol. The zero-order valence-electron chi connectivity index (χ0n) is 13.6. The van der Waals surface area contributed by atoms with Gasteiger partial charge in [-0.2, -0.15) is 0 Å². The predicted octanol–water partition coefficient (Wildman–Crippen LogP) is 3.47. The number of benzene rings is 1. The Hall–Kier alpha value is -2.57. The lowest BCUT2D eigenvalue weighted by Gasteiger charge is -2.29. The summed E-state index contributed by atoms with van der Waals surface area (Å²) in [5, 5.41) is 13.1. The number of carbonyl (C=O) groups excluding carboxylic acids is 1. The summed E-state index contributed by atoms with van der Waals surface area (Å²) in [7, 11) is 0. The van der Waals surface area contributed by atoms with Crippen LogP contribution in [0.25, 0.3) is 10.2 Å². The number of aliphatic hydroxyl groups is 1. The second-order valence-electron chi connectivity index (χ2n) is 6.53. The van der Waals surface area contributed by atoms with E-state index in [2.05, 4.69) is 9.98 Å². The van der Waals surface area contributed by atoms with Crippen molar-refractivity contribution in [3.8, 4) is 0 Å². The van der Waals surface area contributed by atoms with E-state index in [1.807, 2.05) is 48.2 Å². The molecule has 6 heteroatoms. The average Bonchev–Trinajstić information content (AvgIpc) is 3.17. The van der Waals surface area contributed by atoms with Gasteiger partial charge in [-0.3, -0.25) is 4.79 Å². The number of hydrogen-bond donors (Lipinski definition) is 1. The van der Waals surface area contributed by atoms with Gasteiger partial charge in [-0.15, -0.1) is 0 Å². The molecule has 1 aromatic carbocycles. The molecule has 0 radical (unpaired) electrons. The lowest BCUT2D eigenvalue weighted by atomic mass is 9.87. The fourth-order valence-corrected chi connectivity index (χ4v) is 4.59. The molecule has 4 heterocycles. The number of aliphatic imine (C=N–C) groups is 1. The maximum atomic E-state index is 13.0. The number of thiophene rings is 1. The average molecular weight is 349 g/mol. The Morgan fingerprint density at radius 1 is 1.28 bits per heavy atom. The van der Waals surface area contributed by atoms with Crippen molar-refractivity contribution in [2.75, 3.05) is 11.4 Å². The molecule has 3 aromatic rings. The second kappa shape index (κ2) is 4.97. The topological polar surface area (TPSA) is 65.8 Å². The fourth-order valence-electron chi connectivity index (χ4n) is 3.56. The highest BCUT2D eigenvalue weighted by Gasteiger charge is 2.52.